The van der Waals surface area contributed by atoms with Crippen LogP contribution in [0.2, 0.25) is 0 Å². The molecule has 27 heavy (non-hydrogen) atoms. The molecule has 2 aromatic rings. The minimum atomic E-state index is -0.456. The average molecular weight is 383 g/mol. The number of benzene rings is 1. The highest BCUT2D eigenvalue weighted by Crippen LogP contribution is 2.33. The minimum Gasteiger partial charge on any atom is -0.365 e. The summed E-state index contributed by atoms with van der Waals surface area (Å²) >= 11 is 1.30. The topological polar surface area (TPSA) is 91.9 Å². The molecule has 0 spiro atoms. The zero-order valence-electron chi connectivity index (χ0n) is 14.8. The van der Waals surface area contributed by atoms with Gasteiger partial charge in [0.2, 0.25) is 5.91 Å². The van der Waals surface area contributed by atoms with Gasteiger partial charge in [-0.2, -0.15) is 5.10 Å². The van der Waals surface area contributed by atoms with Crippen molar-refractivity contribution in [2.45, 2.75) is 25.3 Å². The van der Waals surface area contributed by atoms with E-state index in [2.05, 4.69) is 15.0 Å². The zero-order chi connectivity index (χ0) is 18.8. The molecule has 0 radical (unpaired) electrons. The van der Waals surface area contributed by atoms with Crippen molar-refractivity contribution in [3.8, 4) is 0 Å². The van der Waals surface area contributed by atoms with Crippen molar-refractivity contribution in [3.05, 3.63) is 47.0 Å². The van der Waals surface area contributed by atoms with Gasteiger partial charge in [-0.05, 0) is 18.4 Å². The smallest absolute Gasteiger partial charge is 0.260 e. The highest BCUT2D eigenvalue weighted by Gasteiger charge is 2.35. The van der Waals surface area contributed by atoms with Gasteiger partial charge in [0.05, 0.1) is 12.2 Å². The van der Waals surface area contributed by atoms with Crippen LogP contribution in [0.3, 0.4) is 0 Å². The van der Waals surface area contributed by atoms with Crippen LogP contribution in [0.5, 0.6) is 0 Å². The third kappa shape index (κ3) is 3.57. The third-order valence-electron chi connectivity index (χ3n) is 5.09. The summed E-state index contributed by atoms with van der Waals surface area (Å²) in [5, 5.41) is 6.80. The van der Waals surface area contributed by atoms with E-state index in [1.807, 2.05) is 36.5 Å². The number of nitrogens with zero attached hydrogens (tertiary/aromatic N) is 4. The van der Waals surface area contributed by atoms with Gasteiger partial charge in [0.15, 0.2) is 5.13 Å². The number of primary amides is 1. The number of thiazole rings is 1. The van der Waals surface area contributed by atoms with Gasteiger partial charge in [-0.25, -0.2) is 9.99 Å². The fraction of sp³-hybridized carbons (Fsp3) is 0.368. The highest BCUT2D eigenvalue weighted by molar-refractivity contribution is 7.17. The number of hydrazone groups is 1. The lowest BCUT2D eigenvalue weighted by atomic mass is 9.94. The first-order chi connectivity index (χ1) is 13.1. The van der Waals surface area contributed by atoms with E-state index in [4.69, 9.17) is 5.73 Å². The quantitative estimate of drug-likeness (QED) is 0.878. The number of hydrogen-bond donors (Lipinski definition) is 1. The molecule has 2 aliphatic rings. The van der Waals surface area contributed by atoms with Crippen molar-refractivity contribution < 1.29 is 9.59 Å². The summed E-state index contributed by atoms with van der Waals surface area (Å²) < 4.78 is 0. The zero-order valence-corrected chi connectivity index (χ0v) is 15.6. The second-order valence-electron chi connectivity index (χ2n) is 6.78. The Morgan fingerprint density at radius 3 is 2.56 bits per heavy atom. The molecule has 8 heteroatoms. The van der Waals surface area contributed by atoms with E-state index in [1.165, 1.54) is 17.5 Å². The summed E-state index contributed by atoms with van der Waals surface area (Å²) in [7, 11) is 0. The molecule has 7 nitrogen and oxygen atoms in total. The number of hydrogen-bond acceptors (Lipinski definition) is 6. The lowest BCUT2D eigenvalue weighted by Gasteiger charge is -2.33. The maximum Gasteiger partial charge on any atom is 0.260 e. The molecular weight excluding hydrogens is 362 g/mol. The summed E-state index contributed by atoms with van der Waals surface area (Å²) in [6.07, 6.45) is 5.59. The highest BCUT2D eigenvalue weighted by atomic mass is 32.1. The molecule has 4 rings (SSSR count). The fourth-order valence-electron chi connectivity index (χ4n) is 3.61. The monoisotopic (exact) mass is 383 g/mol. The van der Waals surface area contributed by atoms with Crippen molar-refractivity contribution in [2.75, 3.05) is 18.0 Å². The Balaban J connectivity index is 1.39. The summed E-state index contributed by atoms with van der Waals surface area (Å²) in [6.45, 7) is 1.46. The molecule has 1 atom stereocenters. The largest absolute Gasteiger partial charge is 0.365 e. The second-order valence-corrected chi connectivity index (χ2v) is 7.78. The number of aromatic nitrogens is 1. The van der Waals surface area contributed by atoms with Gasteiger partial charge < -0.3 is 10.6 Å². The summed E-state index contributed by atoms with van der Waals surface area (Å²) in [6, 6.07) is 10.0. The standard InChI is InChI=1S/C19H21N5O2S/c20-17(25)16-12-21-19(27-16)23-10-7-14(8-11-23)18(26)24-15(6-9-22-24)13-4-2-1-3-5-13/h1-5,9,12,14-15H,6-8,10-11H2,(H2,20,25). The van der Waals surface area contributed by atoms with E-state index in [-0.39, 0.29) is 17.9 Å². The number of amides is 2. The molecule has 2 aliphatic heterocycles. The predicted molar refractivity (Wildman–Crippen MR) is 105 cm³/mol. The van der Waals surface area contributed by atoms with Crippen molar-refractivity contribution in [1.29, 1.82) is 0 Å². The van der Waals surface area contributed by atoms with Gasteiger partial charge in [-0.1, -0.05) is 41.7 Å². The molecule has 3 heterocycles. The lowest BCUT2D eigenvalue weighted by molar-refractivity contribution is -0.138. The van der Waals surface area contributed by atoms with E-state index in [9.17, 15) is 9.59 Å². The van der Waals surface area contributed by atoms with Crippen LogP contribution in [0.4, 0.5) is 5.13 Å². The van der Waals surface area contributed by atoms with Gasteiger partial charge in [-0.15, -0.1) is 0 Å². The molecule has 140 valence electrons. The normalized spacial score (nSPS) is 20.2. The first-order valence-corrected chi connectivity index (χ1v) is 9.86. The molecule has 0 saturated carbocycles. The van der Waals surface area contributed by atoms with Gasteiger partial charge in [-0.3, -0.25) is 9.59 Å². The van der Waals surface area contributed by atoms with E-state index in [0.29, 0.717) is 4.88 Å². The van der Waals surface area contributed by atoms with E-state index in [1.54, 1.807) is 5.01 Å². The summed E-state index contributed by atoms with van der Waals surface area (Å²) in [5.41, 5.74) is 6.41. The van der Waals surface area contributed by atoms with Crippen LogP contribution >= 0.6 is 11.3 Å². The van der Waals surface area contributed by atoms with Crippen LogP contribution in [-0.2, 0) is 4.79 Å². The molecule has 1 aromatic heterocycles. The molecule has 1 fully saturated rings. The van der Waals surface area contributed by atoms with Gasteiger partial charge in [0.1, 0.15) is 4.88 Å². The van der Waals surface area contributed by atoms with E-state index >= 15 is 0 Å². The fourth-order valence-corrected chi connectivity index (χ4v) is 4.43. The Hall–Kier alpha value is -2.74. The SMILES string of the molecule is NC(=O)c1cnc(N2CCC(C(=O)N3N=CCC3c3ccccc3)CC2)s1. The second kappa shape index (κ2) is 7.48. The molecule has 1 unspecified atom stereocenters. The van der Waals surface area contributed by atoms with Crippen LogP contribution in [0.25, 0.3) is 0 Å². The Morgan fingerprint density at radius 2 is 1.89 bits per heavy atom. The third-order valence-corrected chi connectivity index (χ3v) is 6.16. The lowest BCUT2D eigenvalue weighted by Crippen LogP contribution is -2.41. The number of nitrogens with two attached hydrogens (primary N) is 1. The average Bonchev–Trinajstić information content (AvgIpc) is 3.38. The number of rotatable bonds is 4. The maximum atomic E-state index is 13.0. The molecule has 2 amide bonds. The first kappa shape index (κ1) is 17.7. The van der Waals surface area contributed by atoms with Crippen molar-refractivity contribution in [3.63, 3.8) is 0 Å². The van der Waals surface area contributed by atoms with Crippen LogP contribution in [0, 0.1) is 5.92 Å². The maximum absolute atomic E-state index is 13.0. The van der Waals surface area contributed by atoms with Crippen LogP contribution in [0.1, 0.15) is 40.5 Å². The van der Waals surface area contributed by atoms with Gasteiger partial charge >= 0.3 is 0 Å². The summed E-state index contributed by atoms with van der Waals surface area (Å²) in [5.74, 6) is -0.407. The van der Waals surface area contributed by atoms with Crippen LogP contribution in [0.15, 0.2) is 41.6 Å². The van der Waals surface area contributed by atoms with Gasteiger partial charge in [0.25, 0.3) is 5.91 Å². The first-order valence-electron chi connectivity index (χ1n) is 9.04. The Bertz CT molecular complexity index is 858. The van der Waals surface area contributed by atoms with Gasteiger partial charge in [0, 0.05) is 31.6 Å². The van der Waals surface area contributed by atoms with E-state index in [0.717, 1.165) is 43.0 Å². The van der Waals surface area contributed by atoms with Crippen molar-refractivity contribution >= 4 is 34.5 Å². The number of carbonyl (C=O) groups is 2. The minimum absolute atomic E-state index is 0.00572. The number of piperidine rings is 1. The molecule has 0 aliphatic carbocycles. The molecule has 0 bridgehead atoms. The molecule has 1 aromatic carbocycles. The van der Waals surface area contributed by atoms with Crippen molar-refractivity contribution in [2.24, 2.45) is 16.8 Å². The Morgan fingerprint density at radius 1 is 1.15 bits per heavy atom. The van der Waals surface area contributed by atoms with Crippen LogP contribution < -0.4 is 10.6 Å². The predicted octanol–water partition coefficient (Wildman–Crippen LogP) is 2.42. The van der Waals surface area contributed by atoms with Crippen molar-refractivity contribution in [1.82, 2.24) is 9.99 Å². The molecule has 2 N–H and O–H groups in total. The number of carbonyl (C=O) groups excluding carboxylic acids is 2. The molecular formula is C19H21N5O2S. The summed E-state index contributed by atoms with van der Waals surface area (Å²) in [4.78, 5) is 31.1. The Labute approximate surface area is 161 Å². The number of anilines is 1. The van der Waals surface area contributed by atoms with E-state index < -0.39 is 5.91 Å². The van der Waals surface area contributed by atoms with Crippen LogP contribution in [-0.4, -0.2) is 41.1 Å². The Kier molecular flexibility index (Phi) is 4.89. The molecule has 1 saturated heterocycles.